The van der Waals surface area contributed by atoms with Crippen LogP contribution in [-0.4, -0.2) is 54.7 Å². The van der Waals surface area contributed by atoms with Crippen LogP contribution in [0.4, 0.5) is 4.79 Å². The lowest BCUT2D eigenvalue weighted by Gasteiger charge is -2.24. The molecular formula is C15H25N3O2. The van der Waals surface area contributed by atoms with E-state index in [1.54, 1.807) is 14.0 Å². The zero-order chi connectivity index (χ0) is 15.1. The molecule has 5 heteroatoms. The largest absolute Gasteiger partial charge is 0.394 e. The Bertz CT molecular complexity index is 435. The molecule has 1 aromatic rings. The van der Waals surface area contributed by atoms with Crippen LogP contribution in [0.15, 0.2) is 24.3 Å². The van der Waals surface area contributed by atoms with Crippen LogP contribution in [0.3, 0.4) is 0 Å². The van der Waals surface area contributed by atoms with Gasteiger partial charge in [0.2, 0.25) is 0 Å². The van der Waals surface area contributed by atoms with E-state index in [2.05, 4.69) is 16.3 Å². The van der Waals surface area contributed by atoms with Crippen molar-refractivity contribution in [1.29, 1.82) is 0 Å². The number of aliphatic hydroxyl groups is 1. The normalized spacial score (nSPS) is 12.3. The van der Waals surface area contributed by atoms with Crippen LogP contribution < -0.4 is 5.32 Å². The van der Waals surface area contributed by atoms with E-state index in [0.29, 0.717) is 6.54 Å². The van der Waals surface area contributed by atoms with E-state index in [9.17, 15) is 4.79 Å². The van der Waals surface area contributed by atoms with Crippen molar-refractivity contribution in [2.75, 3.05) is 27.7 Å². The number of carbonyl (C=O) groups excluding carboxylic acids is 1. The van der Waals surface area contributed by atoms with Gasteiger partial charge in [0.05, 0.1) is 12.6 Å². The molecule has 1 atom stereocenters. The molecule has 0 saturated carbocycles. The summed E-state index contributed by atoms with van der Waals surface area (Å²) in [6.07, 6.45) is 0. The van der Waals surface area contributed by atoms with Crippen molar-refractivity contribution >= 4 is 6.03 Å². The maximum Gasteiger partial charge on any atom is 0.317 e. The van der Waals surface area contributed by atoms with Crippen molar-refractivity contribution in [2.45, 2.75) is 26.1 Å². The summed E-state index contributed by atoms with van der Waals surface area (Å²) in [5.74, 6) is 0. The highest BCUT2D eigenvalue weighted by molar-refractivity contribution is 5.74. The number of likely N-dealkylation sites (N-methyl/N-ethyl adjacent to an activating group) is 1. The van der Waals surface area contributed by atoms with Crippen LogP contribution in [0.1, 0.15) is 18.1 Å². The van der Waals surface area contributed by atoms with Gasteiger partial charge in [-0.3, -0.25) is 0 Å². The van der Waals surface area contributed by atoms with Crippen molar-refractivity contribution in [3.05, 3.63) is 35.4 Å². The Morgan fingerprint density at radius 3 is 2.40 bits per heavy atom. The first-order valence-corrected chi connectivity index (χ1v) is 6.78. The molecule has 1 unspecified atom stereocenters. The lowest BCUT2D eigenvalue weighted by molar-refractivity contribution is 0.157. The molecule has 1 rings (SSSR count). The third-order valence-corrected chi connectivity index (χ3v) is 3.28. The van der Waals surface area contributed by atoms with Gasteiger partial charge in [0, 0.05) is 20.1 Å². The van der Waals surface area contributed by atoms with Crippen molar-refractivity contribution in [3.63, 3.8) is 0 Å². The van der Waals surface area contributed by atoms with Crippen LogP contribution in [0.5, 0.6) is 0 Å². The number of amides is 2. The Morgan fingerprint density at radius 2 is 1.85 bits per heavy atom. The third kappa shape index (κ3) is 4.83. The van der Waals surface area contributed by atoms with Crippen LogP contribution in [0.25, 0.3) is 0 Å². The second-order valence-corrected chi connectivity index (χ2v) is 5.31. The first-order chi connectivity index (χ1) is 9.45. The van der Waals surface area contributed by atoms with Crippen molar-refractivity contribution in [2.24, 2.45) is 0 Å². The molecule has 0 aromatic heterocycles. The topological polar surface area (TPSA) is 55.8 Å². The number of aliphatic hydroxyl groups excluding tert-OH is 1. The molecule has 0 fully saturated rings. The monoisotopic (exact) mass is 279 g/mol. The SMILES string of the molecule is CC(CO)N(C)C(=O)NCc1ccccc1CN(C)C. The van der Waals surface area contributed by atoms with Crippen LogP contribution in [-0.2, 0) is 13.1 Å². The summed E-state index contributed by atoms with van der Waals surface area (Å²) in [4.78, 5) is 15.5. The number of nitrogens with one attached hydrogen (secondary N) is 1. The smallest absolute Gasteiger partial charge is 0.317 e. The molecular weight excluding hydrogens is 254 g/mol. The third-order valence-electron chi connectivity index (χ3n) is 3.28. The standard InChI is InChI=1S/C15H25N3O2/c1-12(11-19)18(4)15(20)16-9-13-7-5-6-8-14(13)10-17(2)3/h5-8,12,19H,9-11H2,1-4H3,(H,16,20). The minimum Gasteiger partial charge on any atom is -0.394 e. The number of hydrogen-bond acceptors (Lipinski definition) is 3. The fraction of sp³-hybridized carbons (Fsp3) is 0.533. The van der Waals surface area contributed by atoms with Crippen molar-refractivity contribution in [3.8, 4) is 0 Å². The quantitative estimate of drug-likeness (QED) is 0.824. The van der Waals surface area contributed by atoms with Gasteiger partial charge >= 0.3 is 6.03 Å². The molecule has 0 saturated heterocycles. The maximum absolute atomic E-state index is 11.9. The van der Waals surface area contributed by atoms with Gasteiger partial charge in [-0.2, -0.15) is 0 Å². The molecule has 0 aliphatic carbocycles. The minimum atomic E-state index is -0.188. The molecule has 0 bridgehead atoms. The fourth-order valence-electron chi connectivity index (χ4n) is 1.84. The molecule has 20 heavy (non-hydrogen) atoms. The summed E-state index contributed by atoms with van der Waals surface area (Å²) < 4.78 is 0. The van der Waals surface area contributed by atoms with Crippen LogP contribution in [0, 0.1) is 0 Å². The molecule has 112 valence electrons. The maximum atomic E-state index is 11.9. The van der Waals surface area contributed by atoms with Crippen molar-refractivity contribution < 1.29 is 9.90 Å². The molecule has 0 aliphatic rings. The lowest BCUT2D eigenvalue weighted by atomic mass is 10.1. The summed E-state index contributed by atoms with van der Waals surface area (Å²) in [6, 6.07) is 7.71. The number of urea groups is 1. The van der Waals surface area contributed by atoms with Gasteiger partial charge in [-0.1, -0.05) is 24.3 Å². The molecule has 5 nitrogen and oxygen atoms in total. The molecule has 2 N–H and O–H groups in total. The Morgan fingerprint density at radius 1 is 1.25 bits per heavy atom. The second kappa shape index (κ2) is 7.87. The number of hydrogen-bond donors (Lipinski definition) is 2. The van der Waals surface area contributed by atoms with E-state index in [4.69, 9.17) is 5.11 Å². The van der Waals surface area contributed by atoms with Gasteiger partial charge in [0.25, 0.3) is 0 Å². The first kappa shape index (κ1) is 16.5. The highest BCUT2D eigenvalue weighted by atomic mass is 16.3. The summed E-state index contributed by atoms with van der Waals surface area (Å²) in [6.45, 7) is 3.10. The average molecular weight is 279 g/mol. The lowest BCUT2D eigenvalue weighted by Crippen LogP contribution is -2.43. The molecule has 0 radical (unpaired) electrons. The van der Waals surface area contributed by atoms with Crippen LogP contribution >= 0.6 is 0 Å². The number of rotatable bonds is 6. The fourth-order valence-corrected chi connectivity index (χ4v) is 1.84. The summed E-state index contributed by atoms with van der Waals surface area (Å²) in [5, 5.41) is 11.9. The van der Waals surface area contributed by atoms with Gasteiger partial charge in [-0.15, -0.1) is 0 Å². The highest BCUT2D eigenvalue weighted by Gasteiger charge is 2.14. The summed E-state index contributed by atoms with van der Waals surface area (Å²) in [5.41, 5.74) is 2.32. The predicted octanol–water partition coefficient (Wildman–Crippen LogP) is 1.27. The second-order valence-electron chi connectivity index (χ2n) is 5.31. The van der Waals surface area contributed by atoms with Gasteiger partial charge in [-0.25, -0.2) is 4.79 Å². The first-order valence-electron chi connectivity index (χ1n) is 6.78. The van der Waals surface area contributed by atoms with Gasteiger partial charge in [0.15, 0.2) is 0 Å². The Kier molecular flexibility index (Phi) is 6.48. The molecule has 0 spiro atoms. The van der Waals surface area contributed by atoms with Gasteiger partial charge in [-0.05, 0) is 32.1 Å². The van der Waals surface area contributed by atoms with Crippen LogP contribution in [0.2, 0.25) is 0 Å². The number of benzene rings is 1. The van der Waals surface area contributed by atoms with Gasteiger partial charge in [0.1, 0.15) is 0 Å². The van der Waals surface area contributed by atoms with E-state index < -0.39 is 0 Å². The molecule has 2 amide bonds. The number of nitrogens with zero attached hydrogens (tertiary/aromatic N) is 2. The minimum absolute atomic E-state index is 0.0405. The Balaban J connectivity index is 2.63. The van der Waals surface area contributed by atoms with E-state index in [0.717, 1.165) is 12.1 Å². The number of carbonyl (C=O) groups is 1. The average Bonchev–Trinajstić information content (AvgIpc) is 2.43. The zero-order valence-corrected chi connectivity index (χ0v) is 12.8. The Labute approximate surface area is 121 Å². The summed E-state index contributed by atoms with van der Waals surface area (Å²) >= 11 is 0. The molecule has 1 aromatic carbocycles. The Hall–Kier alpha value is -1.59. The van der Waals surface area contributed by atoms with Crippen molar-refractivity contribution in [1.82, 2.24) is 15.1 Å². The van der Waals surface area contributed by atoms with E-state index in [-0.39, 0.29) is 18.7 Å². The zero-order valence-electron chi connectivity index (χ0n) is 12.8. The predicted molar refractivity (Wildman–Crippen MR) is 80.4 cm³/mol. The van der Waals surface area contributed by atoms with E-state index in [1.165, 1.54) is 10.5 Å². The molecule has 0 heterocycles. The van der Waals surface area contributed by atoms with E-state index in [1.807, 2.05) is 32.3 Å². The van der Waals surface area contributed by atoms with Gasteiger partial charge < -0.3 is 20.2 Å². The summed E-state index contributed by atoms with van der Waals surface area (Å²) in [7, 11) is 5.72. The highest BCUT2D eigenvalue weighted by Crippen LogP contribution is 2.10. The molecule has 0 aliphatic heterocycles. The van der Waals surface area contributed by atoms with E-state index >= 15 is 0 Å².